The van der Waals surface area contributed by atoms with Gasteiger partial charge in [-0.2, -0.15) is 0 Å². The Morgan fingerprint density at radius 2 is 1.91 bits per heavy atom. The molecule has 4 aromatic rings. The van der Waals surface area contributed by atoms with Gasteiger partial charge in [0.15, 0.2) is 0 Å². The highest BCUT2D eigenvalue weighted by Crippen LogP contribution is 2.26. The number of benzene rings is 3. The van der Waals surface area contributed by atoms with Gasteiger partial charge in [0.2, 0.25) is 5.91 Å². The summed E-state index contributed by atoms with van der Waals surface area (Å²) in [4.78, 5) is 20.2. The minimum absolute atomic E-state index is 0.0573. The fourth-order valence-electron chi connectivity index (χ4n) is 4.48. The average molecular weight is 524 g/mol. The van der Waals surface area contributed by atoms with Crippen LogP contribution >= 0.6 is 27.5 Å². The molecule has 168 valence electrons. The number of nitrogens with zero attached hydrogens (tertiary/aromatic N) is 3. The topological polar surface area (TPSA) is 50.2 Å². The van der Waals surface area contributed by atoms with E-state index < -0.39 is 0 Å². The standard InChI is InChI=1S/C26H24BrClN4O/c27-19-6-3-7-22(15-19)32-24-9-2-1-8-23(24)30-25(32)17-31-14-4-5-18(16-31)26(33)29-21-12-10-20(28)11-13-21/h1-3,6-13,15,18H,4-5,14,16-17H2,(H,29,33)/t18-/m1/s1. The monoisotopic (exact) mass is 522 g/mol. The van der Waals surface area contributed by atoms with Gasteiger partial charge in [-0.3, -0.25) is 14.3 Å². The first-order valence-electron chi connectivity index (χ1n) is 11.1. The summed E-state index contributed by atoms with van der Waals surface area (Å²) >= 11 is 9.55. The number of hydrogen-bond acceptors (Lipinski definition) is 3. The number of carbonyl (C=O) groups excluding carboxylic acids is 1. The number of halogens is 2. The number of carbonyl (C=O) groups is 1. The Kier molecular flexibility index (Phi) is 6.49. The number of para-hydroxylation sites is 2. The van der Waals surface area contributed by atoms with E-state index in [0.717, 1.165) is 52.1 Å². The molecule has 5 nitrogen and oxygen atoms in total. The van der Waals surface area contributed by atoms with Gasteiger partial charge < -0.3 is 5.32 Å². The van der Waals surface area contributed by atoms with Crippen LogP contribution in [-0.4, -0.2) is 33.4 Å². The van der Waals surface area contributed by atoms with Gasteiger partial charge in [0.1, 0.15) is 5.82 Å². The largest absolute Gasteiger partial charge is 0.326 e. The Morgan fingerprint density at radius 3 is 2.73 bits per heavy atom. The van der Waals surface area contributed by atoms with E-state index in [1.807, 2.05) is 42.5 Å². The third-order valence-electron chi connectivity index (χ3n) is 6.05. The summed E-state index contributed by atoms with van der Waals surface area (Å²) in [6, 6.07) is 23.7. The molecule has 1 aromatic heterocycles. The molecule has 2 heterocycles. The molecule has 1 aliphatic heterocycles. The van der Waals surface area contributed by atoms with Crippen molar-refractivity contribution in [3.8, 4) is 5.69 Å². The zero-order chi connectivity index (χ0) is 22.8. The third-order valence-corrected chi connectivity index (χ3v) is 6.79. The maximum absolute atomic E-state index is 12.9. The number of anilines is 1. The fourth-order valence-corrected chi connectivity index (χ4v) is 4.99. The number of piperidine rings is 1. The number of amides is 1. The summed E-state index contributed by atoms with van der Waals surface area (Å²) in [7, 11) is 0. The van der Waals surface area contributed by atoms with E-state index in [4.69, 9.17) is 16.6 Å². The van der Waals surface area contributed by atoms with Gasteiger partial charge in [-0.05, 0) is 74.0 Å². The highest BCUT2D eigenvalue weighted by atomic mass is 79.9. The van der Waals surface area contributed by atoms with Gasteiger partial charge in [0.25, 0.3) is 0 Å². The van der Waals surface area contributed by atoms with Crippen molar-refractivity contribution in [1.29, 1.82) is 0 Å². The van der Waals surface area contributed by atoms with Gasteiger partial charge in [0.05, 0.1) is 23.5 Å². The van der Waals surface area contributed by atoms with Crippen LogP contribution in [0.2, 0.25) is 5.02 Å². The lowest BCUT2D eigenvalue weighted by atomic mass is 9.97. The first kappa shape index (κ1) is 22.1. The minimum Gasteiger partial charge on any atom is -0.326 e. The van der Waals surface area contributed by atoms with Crippen molar-refractivity contribution in [3.05, 3.63) is 88.1 Å². The second-order valence-corrected chi connectivity index (χ2v) is 9.75. The number of hydrogen-bond donors (Lipinski definition) is 1. The highest BCUT2D eigenvalue weighted by Gasteiger charge is 2.27. The molecule has 1 fully saturated rings. The second-order valence-electron chi connectivity index (χ2n) is 8.40. The zero-order valence-electron chi connectivity index (χ0n) is 18.0. The van der Waals surface area contributed by atoms with Crippen LogP contribution in [0.3, 0.4) is 0 Å². The quantitative estimate of drug-likeness (QED) is 0.334. The lowest BCUT2D eigenvalue weighted by Gasteiger charge is -2.31. The molecule has 7 heteroatoms. The third kappa shape index (κ3) is 4.98. The maximum atomic E-state index is 12.9. The first-order valence-corrected chi connectivity index (χ1v) is 12.2. The van der Waals surface area contributed by atoms with Gasteiger partial charge in [-0.15, -0.1) is 0 Å². The molecule has 1 aliphatic rings. The van der Waals surface area contributed by atoms with E-state index in [0.29, 0.717) is 18.1 Å². The van der Waals surface area contributed by atoms with Crippen molar-refractivity contribution in [2.45, 2.75) is 19.4 Å². The van der Waals surface area contributed by atoms with E-state index in [-0.39, 0.29) is 11.8 Å². The second kappa shape index (κ2) is 9.67. The average Bonchev–Trinajstić information content (AvgIpc) is 3.18. The molecule has 0 radical (unpaired) electrons. The lowest BCUT2D eigenvalue weighted by molar-refractivity contribution is -0.121. The summed E-state index contributed by atoms with van der Waals surface area (Å²) in [5, 5.41) is 3.70. The predicted octanol–water partition coefficient (Wildman–Crippen LogP) is 6.29. The normalized spacial score (nSPS) is 16.7. The van der Waals surface area contributed by atoms with Crippen molar-refractivity contribution < 1.29 is 4.79 Å². The molecule has 1 saturated heterocycles. The highest BCUT2D eigenvalue weighted by molar-refractivity contribution is 9.10. The van der Waals surface area contributed by atoms with E-state index in [2.05, 4.69) is 48.9 Å². The number of imidazole rings is 1. The van der Waals surface area contributed by atoms with Gasteiger partial charge in [-0.1, -0.05) is 45.7 Å². The molecule has 3 aromatic carbocycles. The Labute approximate surface area is 206 Å². The number of aromatic nitrogens is 2. The van der Waals surface area contributed by atoms with E-state index in [1.165, 1.54) is 0 Å². The summed E-state index contributed by atoms with van der Waals surface area (Å²) in [6.07, 6.45) is 1.87. The van der Waals surface area contributed by atoms with Crippen LogP contribution in [0.25, 0.3) is 16.7 Å². The molecule has 0 unspecified atom stereocenters. The molecule has 33 heavy (non-hydrogen) atoms. The lowest BCUT2D eigenvalue weighted by Crippen LogP contribution is -2.40. The van der Waals surface area contributed by atoms with Crippen LogP contribution in [0, 0.1) is 5.92 Å². The Morgan fingerprint density at radius 1 is 1.09 bits per heavy atom. The van der Waals surface area contributed by atoms with Crippen molar-refractivity contribution in [2.75, 3.05) is 18.4 Å². The Balaban J connectivity index is 1.37. The van der Waals surface area contributed by atoms with Gasteiger partial charge in [-0.25, -0.2) is 4.98 Å². The Bertz CT molecular complexity index is 1290. The molecule has 0 spiro atoms. The van der Waals surface area contributed by atoms with E-state index >= 15 is 0 Å². The molecule has 5 rings (SSSR count). The van der Waals surface area contributed by atoms with Crippen molar-refractivity contribution in [3.63, 3.8) is 0 Å². The molecule has 1 amide bonds. The van der Waals surface area contributed by atoms with E-state index in [1.54, 1.807) is 12.1 Å². The molecule has 0 aliphatic carbocycles. The SMILES string of the molecule is O=C(Nc1ccc(Cl)cc1)[C@@H]1CCCN(Cc2nc3ccccc3n2-c2cccc(Br)c2)C1. The van der Waals surface area contributed by atoms with Crippen molar-refractivity contribution in [1.82, 2.24) is 14.5 Å². The number of fused-ring (bicyclic) bond motifs is 1. The van der Waals surface area contributed by atoms with Crippen molar-refractivity contribution >= 4 is 50.2 Å². The van der Waals surface area contributed by atoms with E-state index in [9.17, 15) is 4.79 Å². The number of likely N-dealkylation sites (tertiary alicyclic amines) is 1. The summed E-state index contributed by atoms with van der Waals surface area (Å²) in [5.74, 6) is 0.980. The molecule has 0 saturated carbocycles. The molecular formula is C26H24BrClN4O. The fraction of sp³-hybridized carbons (Fsp3) is 0.231. The maximum Gasteiger partial charge on any atom is 0.228 e. The first-order chi connectivity index (χ1) is 16.1. The molecule has 0 bridgehead atoms. The van der Waals surface area contributed by atoms with Crippen LogP contribution in [0.15, 0.2) is 77.3 Å². The molecule has 1 atom stereocenters. The Hall–Kier alpha value is -2.67. The van der Waals surface area contributed by atoms with Crippen molar-refractivity contribution in [2.24, 2.45) is 5.92 Å². The van der Waals surface area contributed by atoms with Crippen LogP contribution in [-0.2, 0) is 11.3 Å². The smallest absolute Gasteiger partial charge is 0.228 e. The van der Waals surface area contributed by atoms with Crippen LogP contribution in [0.5, 0.6) is 0 Å². The van der Waals surface area contributed by atoms with Crippen LogP contribution < -0.4 is 5.32 Å². The van der Waals surface area contributed by atoms with Gasteiger partial charge >= 0.3 is 0 Å². The summed E-state index contributed by atoms with van der Waals surface area (Å²) in [6.45, 7) is 2.35. The van der Waals surface area contributed by atoms with Crippen LogP contribution in [0.1, 0.15) is 18.7 Å². The summed E-state index contributed by atoms with van der Waals surface area (Å²) < 4.78 is 3.25. The molecular weight excluding hydrogens is 500 g/mol. The number of rotatable bonds is 5. The van der Waals surface area contributed by atoms with Gasteiger partial charge in [0, 0.05) is 27.4 Å². The number of nitrogens with one attached hydrogen (secondary N) is 1. The summed E-state index contributed by atoms with van der Waals surface area (Å²) in [5.41, 5.74) is 3.90. The predicted molar refractivity (Wildman–Crippen MR) is 137 cm³/mol. The zero-order valence-corrected chi connectivity index (χ0v) is 20.4. The van der Waals surface area contributed by atoms with Crippen LogP contribution in [0.4, 0.5) is 5.69 Å². The molecule has 1 N–H and O–H groups in total. The minimum atomic E-state index is -0.0573.